The van der Waals surface area contributed by atoms with Crippen LogP contribution < -0.4 is 15.2 Å². The molecule has 8 nitrogen and oxygen atoms in total. The number of methoxy groups -OCH3 is 2. The van der Waals surface area contributed by atoms with E-state index in [-0.39, 0.29) is 30.0 Å². The number of ether oxygens (including phenoxy) is 3. The Kier molecular flexibility index (Phi) is 5.92. The van der Waals surface area contributed by atoms with Crippen molar-refractivity contribution in [3.8, 4) is 11.5 Å². The summed E-state index contributed by atoms with van der Waals surface area (Å²) in [7, 11) is 2.80. The first-order chi connectivity index (χ1) is 9.94. The summed E-state index contributed by atoms with van der Waals surface area (Å²) in [6.07, 6.45) is -0.0322. The van der Waals surface area contributed by atoms with Crippen molar-refractivity contribution < 1.29 is 23.9 Å². The minimum absolute atomic E-state index is 0.0322. The van der Waals surface area contributed by atoms with Crippen LogP contribution in [0.1, 0.15) is 12.5 Å². The molecule has 0 aliphatic rings. The first kappa shape index (κ1) is 16.7. The van der Waals surface area contributed by atoms with Crippen molar-refractivity contribution in [2.75, 3.05) is 20.8 Å². The molecule has 1 aromatic rings. The van der Waals surface area contributed by atoms with Crippen LogP contribution in [0.3, 0.4) is 0 Å². The van der Waals surface area contributed by atoms with Crippen molar-refractivity contribution in [3.63, 3.8) is 0 Å². The molecule has 8 heteroatoms. The van der Waals surface area contributed by atoms with Crippen LogP contribution in [0.15, 0.2) is 12.1 Å². The van der Waals surface area contributed by atoms with Gasteiger partial charge >= 0.3 is 5.97 Å². The summed E-state index contributed by atoms with van der Waals surface area (Å²) in [5.74, 6) is -0.0478. The average molecular weight is 298 g/mol. The Hall–Kier alpha value is -2.35. The Morgan fingerprint density at radius 1 is 1.33 bits per heavy atom. The van der Waals surface area contributed by atoms with E-state index in [4.69, 9.17) is 19.9 Å². The molecule has 0 aliphatic carbocycles. The summed E-state index contributed by atoms with van der Waals surface area (Å²) in [4.78, 5) is 22.1. The van der Waals surface area contributed by atoms with Crippen LogP contribution in [0.5, 0.6) is 11.5 Å². The summed E-state index contributed by atoms with van der Waals surface area (Å²) in [6, 6.07) is 1.70. The van der Waals surface area contributed by atoms with Gasteiger partial charge in [-0.3, -0.25) is 14.9 Å². The van der Waals surface area contributed by atoms with E-state index in [0.717, 1.165) is 0 Å². The quantitative estimate of drug-likeness (QED) is 0.454. The van der Waals surface area contributed by atoms with E-state index >= 15 is 0 Å². The zero-order valence-corrected chi connectivity index (χ0v) is 12.1. The minimum atomic E-state index is -0.984. The molecular weight excluding hydrogens is 280 g/mol. The maximum absolute atomic E-state index is 11.5. The second-order valence-electron chi connectivity index (χ2n) is 4.16. The van der Waals surface area contributed by atoms with Crippen LogP contribution in [0.25, 0.3) is 0 Å². The number of carbonyl (C=O) groups excluding carboxylic acids is 1. The fourth-order valence-electron chi connectivity index (χ4n) is 1.81. The van der Waals surface area contributed by atoms with Crippen molar-refractivity contribution in [2.45, 2.75) is 19.4 Å². The molecule has 0 amide bonds. The number of hydrogen-bond acceptors (Lipinski definition) is 7. The number of nitro benzene ring substituents is 1. The Morgan fingerprint density at radius 3 is 2.38 bits per heavy atom. The van der Waals surface area contributed by atoms with E-state index < -0.39 is 16.9 Å². The van der Waals surface area contributed by atoms with Crippen LogP contribution in [0, 0.1) is 10.1 Å². The van der Waals surface area contributed by atoms with Crippen LogP contribution in [-0.2, 0) is 16.0 Å². The second-order valence-corrected chi connectivity index (χ2v) is 4.16. The highest BCUT2D eigenvalue weighted by Crippen LogP contribution is 2.34. The van der Waals surface area contributed by atoms with Crippen molar-refractivity contribution in [3.05, 3.63) is 27.8 Å². The topological polar surface area (TPSA) is 114 Å². The summed E-state index contributed by atoms with van der Waals surface area (Å²) in [6.45, 7) is 1.85. The highest BCUT2D eigenvalue weighted by molar-refractivity contribution is 5.76. The number of rotatable bonds is 7. The van der Waals surface area contributed by atoms with Crippen molar-refractivity contribution >= 4 is 11.7 Å². The summed E-state index contributed by atoms with van der Waals surface area (Å²) < 4.78 is 14.9. The molecule has 1 unspecified atom stereocenters. The summed E-state index contributed by atoms with van der Waals surface area (Å²) in [5, 5.41) is 11.1. The van der Waals surface area contributed by atoms with Gasteiger partial charge in [0.15, 0.2) is 11.5 Å². The van der Waals surface area contributed by atoms with E-state index in [1.54, 1.807) is 6.92 Å². The minimum Gasteiger partial charge on any atom is -0.493 e. The van der Waals surface area contributed by atoms with E-state index in [0.29, 0.717) is 5.75 Å². The predicted octanol–water partition coefficient (Wildman–Crippen LogP) is 1.04. The standard InChI is InChI=1S/C13H18N2O6/c1-4-21-13(16)9(14)5-8-6-11(19-2)12(20-3)7-10(8)15(17)18/h6-7,9H,4-5,14H2,1-3H3. The molecule has 0 saturated carbocycles. The maximum atomic E-state index is 11.5. The molecule has 0 radical (unpaired) electrons. The lowest BCUT2D eigenvalue weighted by Crippen LogP contribution is -2.34. The first-order valence-electron chi connectivity index (χ1n) is 6.26. The molecule has 0 spiro atoms. The summed E-state index contributed by atoms with van der Waals surface area (Å²) >= 11 is 0. The van der Waals surface area contributed by atoms with Crippen LogP contribution in [-0.4, -0.2) is 37.8 Å². The molecule has 0 fully saturated rings. The molecule has 1 rings (SSSR count). The molecule has 116 valence electrons. The third-order valence-electron chi connectivity index (χ3n) is 2.81. The van der Waals surface area contributed by atoms with E-state index in [1.165, 1.54) is 26.4 Å². The zero-order chi connectivity index (χ0) is 16.0. The van der Waals surface area contributed by atoms with Gasteiger partial charge in [0.05, 0.1) is 31.8 Å². The SMILES string of the molecule is CCOC(=O)C(N)Cc1cc(OC)c(OC)cc1[N+](=O)[O-]. The number of nitrogens with two attached hydrogens (primary N) is 1. The molecule has 1 aromatic carbocycles. The number of benzene rings is 1. The highest BCUT2D eigenvalue weighted by atomic mass is 16.6. The van der Waals surface area contributed by atoms with E-state index in [2.05, 4.69) is 0 Å². The van der Waals surface area contributed by atoms with Crippen LogP contribution in [0.2, 0.25) is 0 Å². The molecular formula is C13H18N2O6. The lowest BCUT2D eigenvalue weighted by Gasteiger charge is -2.13. The van der Waals surface area contributed by atoms with Gasteiger partial charge < -0.3 is 19.9 Å². The number of nitro groups is 1. The molecule has 0 bridgehead atoms. The van der Waals surface area contributed by atoms with Crippen molar-refractivity contribution in [1.29, 1.82) is 0 Å². The summed E-state index contributed by atoms with van der Waals surface area (Å²) in [5.41, 5.74) is 5.79. The normalized spacial score (nSPS) is 11.6. The fraction of sp³-hybridized carbons (Fsp3) is 0.462. The zero-order valence-electron chi connectivity index (χ0n) is 12.1. The van der Waals surface area contributed by atoms with Gasteiger partial charge in [0, 0.05) is 12.0 Å². The van der Waals surface area contributed by atoms with Gasteiger partial charge in [0.1, 0.15) is 6.04 Å². The molecule has 1 atom stereocenters. The Labute approximate surface area is 121 Å². The second kappa shape index (κ2) is 7.44. The van der Waals surface area contributed by atoms with E-state index in [9.17, 15) is 14.9 Å². The van der Waals surface area contributed by atoms with Crippen LogP contribution >= 0.6 is 0 Å². The van der Waals surface area contributed by atoms with Gasteiger partial charge in [-0.05, 0) is 13.0 Å². The number of carbonyl (C=O) groups is 1. The lowest BCUT2D eigenvalue weighted by atomic mass is 10.0. The van der Waals surface area contributed by atoms with Gasteiger partial charge in [-0.15, -0.1) is 0 Å². The van der Waals surface area contributed by atoms with Crippen molar-refractivity contribution in [2.24, 2.45) is 5.73 Å². The molecule has 0 heterocycles. The van der Waals surface area contributed by atoms with Crippen molar-refractivity contribution in [1.82, 2.24) is 0 Å². The highest BCUT2D eigenvalue weighted by Gasteiger charge is 2.24. The Balaban J connectivity index is 3.15. The Morgan fingerprint density at radius 2 is 1.90 bits per heavy atom. The van der Waals surface area contributed by atoms with Gasteiger partial charge in [0.2, 0.25) is 0 Å². The predicted molar refractivity (Wildman–Crippen MR) is 74.5 cm³/mol. The number of hydrogen-bond donors (Lipinski definition) is 1. The third-order valence-corrected chi connectivity index (χ3v) is 2.81. The number of esters is 1. The maximum Gasteiger partial charge on any atom is 0.323 e. The monoisotopic (exact) mass is 298 g/mol. The smallest absolute Gasteiger partial charge is 0.323 e. The fourth-order valence-corrected chi connectivity index (χ4v) is 1.81. The molecule has 0 aromatic heterocycles. The Bertz CT molecular complexity index is 532. The van der Waals surface area contributed by atoms with E-state index in [1.807, 2.05) is 0 Å². The van der Waals surface area contributed by atoms with Gasteiger partial charge in [-0.2, -0.15) is 0 Å². The van der Waals surface area contributed by atoms with Gasteiger partial charge in [0.25, 0.3) is 5.69 Å². The van der Waals surface area contributed by atoms with Gasteiger partial charge in [-0.25, -0.2) is 0 Å². The lowest BCUT2D eigenvalue weighted by molar-refractivity contribution is -0.385. The van der Waals surface area contributed by atoms with Gasteiger partial charge in [-0.1, -0.05) is 0 Å². The molecule has 0 saturated heterocycles. The largest absolute Gasteiger partial charge is 0.493 e. The molecule has 0 aliphatic heterocycles. The number of nitrogens with zero attached hydrogens (tertiary/aromatic N) is 1. The molecule has 21 heavy (non-hydrogen) atoms. The van der Waals surface area contributed by atoms with Crippen LogP contribution in [0.4, 0.5) is 5.69 Å². The third kappa shape index (κ3) is 4.06. The first-order valence-corrected chi connectivity index (χ1v) is 6.26. The average Bonchev–Trinajstić information content (AvgIpc) is 2.46. The molecule has 2 N–H and O–H groups in total.